The van der Waals surface area contributed by atoms with E-state index in [9.17, 15) is 0 Å². The number of hydrogen-bond donors (Lipinski definition) is 1. The largest absolute Gasteiger partial charge is 0.355 e. The maximum Gasteiger partial charge on any atom is 0.169 e. The normalized spacial score (nSPS) is 23.6. The van der Waals surface area contributed by atoms with E-state index in [0.717, 1.165) is 25.6 Å². The van der Waals surface area contributed by atoms with E-state index >= 15 is 0 Å². The van der Waals surface area contributed by atoms with Gasteiger partial charge in [-0.2, -0.15) is 0 Å². The standard InChI is InChI=1S/C11H24N2O2/c1-12-7-10-5-4-6-13(8-10)9-11(14-2)15-3/h10-12H,4-9H2,1-3H3. The molecular formula is C11H24N2O2. The van der Waals surface area contributed by atoms with E-state index in [2.05, 4.69) is 10.2 Å². The highest BCUT2D eigenvalue weighted by Crippen LogP contribution is 2.16. The van der Waals surface area contributed by atoms with Crippen LogP contribution in [0.5, 0.6) is 0 Å². The van der Waals surface area contributed by atoms with Crippen molar-refractivity contribution in [3.05, 3.63) is 0 Å². The van der Waals surface area contributed by atoms with Gasteiger partial charge in [-0.05, 0) is 38.9 Å². The van der Waals surface area contributed by atoms with Gasteiger partial charge in [0.05, 0.1) is 0 Å². The second-order valence-corrected chi connectivity index (χ2v) is 4.23. The van der Waals surface area contributed by atoms with Crippen molar-refractivity contribution in [2.75, 3.05) is 47.4 Å². The molecule has 0 bridgehead atoms. The van der Waals surface area contributed by atoms with Crippen LogP contribution in [0, 0.1) is 5.92 Å². The minimum Gasteiger partial charge on any atom is -0.355 e. The van der Waals surface area contributed by atoms with Gasteiger partial charge in [-0.25, -0.2) is 0 Å². The third-order valence-electron chi connectivity index (χ3n) is 3.03. The van der Waals surface area contributed by atoms with Crippen LogP contribution in [0.1, 0.15) is 12.8 Å². The highest BCUT2D eigenvalue weighted by molar-refractivity contribution is 4.74. The van der Waals surface area contributed by atoms with E-state index in [-0.39, 0.29) is 6.29 Å². The van der Waals surface area contributed by atoms with Crippen molar-refractivity contribution >= 4 is 0 Å². The van der Waals surface area contributed by atoms with Crippen LogP contribution >= 0.6 is 0 Å². The van der Waals surface area contributed by atoms with Crippen molar-refractivity contribution in [2.24, 2.45) is 5.92 Å². The Labute approximate surface area is 92.9 Å². The van der Waals surface area contributed by atoms with Gasteiger partial charge in [0.1, 0.15) is 0 Å². The Kier molecular flexibility index (Phi) is 6.17. The van der Waals surface area contributed by atoms with E-state index in [1.54, 1.807) is 14.2 Å². The third kappa shape index (κ3) is 4.47. The van der Waals surface area contributed by atoms with E-state index < -0.39 is 0 Å². The molecule has 1 unspecified atom stereocenters. The molecule has 1 aliphatic rings. The summed E-state index contributed by atoms with van der Waals surface area (Å²) in [5.41, 5.74) is 0. The molecule has 1 saturated heterocycles. The van der Waals surface area contributed by atoms with Gasteiger partial charge >= 0.3 is 0 Å². The first-order valence-electron chi connectivity index (χ1n) is 5.72. The van der Waals surface area contributed by atoms with Crippen molar-refractivity contribution in [3.8, 4) is 0 Å². The van der Waals surface area contributed by atoms with Crippen LogP contribution in [0.15, 0.2) is 0 Å². The molecule has 0 spiro atoms. The lowest BCUT2D eigenvalue weighted by Crippen LogP contribution is -2.43. The SMILES string of the molecule is CNCC1CCCN(CC(OC)OC)C1. The predicted octanol–water partition coefficient (Wildman–Crippen LogP) is 0.537. The first-order chi connectivity index (χ1) is 7.30. The lowest BCUT2D eigenvalue weighted by atomic mass is 9.98. The fraction of sp³-hybridized carbons (Fsp3) is 1.00. The highest BCUT2D eigenvalue weighted by atomic mass is 16.7. The van der Waals surface area contributed by atoms with Gasteiger partial charge in [0, 0.05) is 27.3 Å². The van der Waals surface area contributed by atoms with E-state index in [4.69, 9.17) is 9.47 Å². The first-order valence-corrected chi connectivity index (χ1v) is 5.72. The average molecular weight is 216 g/mol. The molecule has 0 saturated carbocycles. The monoisotopic (exact) mass is 216 g/mol. The number of ether oxygens (including phenoxy) is 2. The number of piperidine rings is 1. The Morgan fingerprint density at radius 2 is 2.13 bits per heavy atom. The molecule has 1 heterocycles. The lowest BCUT2D eigenvalue weighted by Gasteiger charge is -2.34. The smallest absolute Gasteiger partial charge is 0.169 e. The zero-order chi connectivity index (χ0) is 11.1. The Bertz CT molecular complexity index is 161. The summed E-state index contributed by atoms with van der Waals surface area (Å²) in [6, 6.07) is 0. The number of rotatable bonds is 6. The van der Waals surface area contributed by atoms with Gasteiger partial charge in [0.15, 0.2) is 6.29 Å². The minimum absolute atomic E-state index is 0.0849. The van der Waals surface area contributed by atoms with Crippen molar-refractivity contribution in [1.82, 2.24) is 10.2 Å². The van der Waals surface area contributed by atoms with Crippen LogP contribution in [0.25, 0.3) is 0 Å². The van der Waals surface area contributed by atoms with Crippen LogP contribution in [0.2, 0.25) is 0 Å². The number of methoxy groups -OCH3 is 2. The topological polar surface area (TPSA) is 33.7 Å². The Hall–Kier alpha value is -0.160. The molecule has 90 valence electrons. The second-order valence-electron chi connectivity index (χ2n) is 4.23. The Morgan fingerprint density at radius 1 is 1.40 bits per heavy atom. The summed E-state index contributed by atoms with van der Waals surface area (Å²) in [4.78, 5) is 2.43. The molecule has 0 aromatic carbocycles. The summed E-state index contributed by atoms with van der Waals surface area (Å²) in [5, 5.41) is 3.25. The zero-order valence-corrected chi connectivity index (χ0v) is 10.2. The zero-order valence-electron chi connectivity index (χ0n) is 10.2. The Balaban J connectivity index is 2.28. The van der Waals surface area contributed by atoms with Crippen LogP contribution < -0.4 is 5.32 Å². The molecule has 1 atom stereocenters. The fourth-order valence-electron chi connectivity index (χ4n) is 2.23. The molecule has 0 amide bonds. The first kappa shape index (κ1) is 12.9. The molecule has 1 N–H and O–H groups in total. The molecule has 15 heavy (non-hydrogen) atoms. The maximum absolute atomic E-state index is 5.22. The molecule has 4 nitrogen and oxygen atoms in total. The predicted molar refractivity (Wildman–Crippen MR) is 60.9 cm³/mol. The summed E-state index contributed by atoms with van der Waals surface area (Å²) in [6.45, 7) is 4.32. The molecule has 1 aliphatic heterocycles. The van der Waals surface area contributed by atoms with Crippen molar-refractivity contribution < 1.29 is 9.47 Å². The second kappa shape index (κ2) is 7.17. The van der Waals surface area contributed by atoms with Gasteiger partial charge in [0.2, 0.25) is 0 Å². The van der Waals surface area contributed by atoms with E-state index in [1.807, 2.05) is 7.05 Å². The molecule has 0 aromatic rings. The number of nitrogens with one attached hydrogen (secondary N) is 1. The summed E-state index contributed by atoms with van der Waals surface area (Å²) in [7, 11) is 5.42. The molecular weight excluding hydrogens is 192 g/mol. The van der Waals surface area contributed by atoms with Gasteiger partial charge in [-0.15, -0.1) is 0 Å². The number of likely N-dealkylation sites (tertiary alicyclic amines) is 1. The van der Waals surface area contributed by atoms with Crippen LogP contribution in [-0.4, -0.2) is 58.6 Å². The van der Waals surface area contributed by atoms with Gasteiger partial charge < -0.3 is 14.8 Å². The fourth-order valence-corrected chi connectivity index (χ4v) is 2.23. The maximum atomic E-state index is 5.22. The van der Waals surface area contributed by atoms with Gasteiger partial charge in [-0.1, -0.05) is 0 Å². The number of hydrogen-bond acceptors (Lipinski definition) is 4. The molecule has 1 rings (SSSR count). The molecule has 4 heteroatoms. The van der Waals surface area contributed by atoms with Crippen LogP contribution in [0.3, 0.4) is 0 Å². The Morgan fingerprint density at radius 3 is 2.73 bits per heavy atom. The summed E-state index contributed by atoms with van der Waals surface area (Å²) in [5.74, 6) is 0.776. The summed E-state index contributed by atoms with van der Waals surface area (Å²) >= 11 is 0. The molecule has 1 fully saturated rings. The van der Waals surface area contributed by atoms with Gasteiger partial charge in [0.25, 0.3) is 0 Å². The highest BCUT2D eigenvalue weighted by Gasteiger charge is 2.21. The minimum atomic E-state index is -0.0849. The van der Waals surface area contributed by atoms with Crippen LogP contribution in [-0.2, 0) is 9.47 Å². The van der Waals surface area contributed by atoms with Gasteiger partial charge in [-0.3, -0.25) is 4.90 Å². The molecule has 0 aromatic heterocycles. The number of nitrogens with zero attached hydrogens (tertiary/aromatic N) is 1. The summed E-state index contributed by atoms with van der Waals surface area (Å²) in [6.07, 6.45) is 2.53. The quantitative estimate of drug-likeness (QED) is 0.657. The van der Waals surface area contributed by atoms with E-state index in [0.29, 0.717) is 0 Å². The summed E-state index contributed by atoms with van der Waals surface area (Å²) < 4.78 is 10.4. The molecule has 0 radical (unpaired) electrons. The van der Waals surface area contributed by atoms with Crippen molar-refractivity contribution in [1.29, 1.82) is 0 Å². The van der Waals surface area contributed by atoms with Crippen LogP contribution in [0.4, 0.5) is 0 Å². The van der Waals surface area contributed by atoms with Crippen molar-refractivity contribution in [3.63, 3.8) is 0 Å². The average Bonchev–Trinajstić information content (AvgIpc) is 2.27. The lowest BCUT2D eigenvalue weighted by molar-refractivity contribution is -0.119. The van der Waals surface area contributed by atoms with Crippen molar-refractivity contribution in [2.45, 2.75) is 19.1 Å². The van der Waals surface area contributed by atoms with E-state index in [1.165, 1.54) is 19.4 Å². The molecule has 0 aliphatic carbocycles. The third-order valence-corrected chi connectivity index (χ3v) is 3.03.